The fraction of sp³-hybridized carbons (Fsp3) is 0.421. The summed E-state index contributed by atoms with van der Waals surface area (Å²) in [5.41, 5.74) is 7.16. The van der Waals surface area contributed by atoms with Crippen LogP contribution < -0.4 is 5.73 Å². The third-order valence-electron chi connectivity index (χ3n) is 3.94. The minimum atomic E-state index is -0.848. The van der Waals surface area contributed by atoms with E-state index in [-0.39, 0.29) is 25.3 Å². The summed E-state index contributed by atoms with van der Waals surface area (Å²) in [6.45, 7) is 9.32. The van der Waals surface area contributed by atoms with Gasteiger partial charge in [0, 0.05) is 18.5 Å². The molecule has 1 heterocycles. The Balaban J connectivity index is 2.11. The Morgan fingerprint density at radius 1 is 1.40 bits per heavy atom. The zero-order chi connectivity index (χ0) is 18.8. The molecule has 134 valence electrons. The lowest BCUT2D eigenvalue weighted by Gasteiger charge is -2.25. The van der Waals surface area contributed by atoms with Gasteiger partial charge in [-0.25, -0.2) is 0 Å². The molecular weight excluding hydrogens is 320 g/mol. The summed E-state index contributed by atoms with van der Waals surface area (Å²) in [6, 6.07) is 4.54. The average molecular weight is 344 g/mol. The van der Waals surface area contributed by atoms with Crippen molar-refractivity contribution in [1.29, 1.82) is 0 Å². The Hall–Kier alpha value is -2.63. The molecule has 6 heteroatoms. The molecule has 0 bridgehead atoms. The molecule has 0 radical (unpaired) electrons. The Bertz CT molecular complexity index is 719. The van der Waals surface area contributed by atoms with Crippen molar-refractivity contribution in [2.45, 2.75) is 51.8 Å². The number of carbonyl (C=O) groups excluding carboxylic acids is 3. The quantitative estimate of drug-likeness (QED) is 0.802. The van der Waals surface area contributed by atoms with Gasteiger partial charge in [-0.2, -0.15) is 0 Å². The maximum atomic E-state index is 12.6. The second-order valence-corrected chi connectivity index (χ2v) is 7.10. The van der Waals surface area contributed by atoms with Crippen LogP contribution in [0.4, 0.5) is 0 Å². The number of rotatable bonds is 6. The van der Waals surface area contributed by atoms with Crippen molar-refractivity contribution in [3.63, 3.8) is 0 Å². The summed E-state index contributed by atoms with van der Waals surface area (Å²) >= 11 is 0. The summed E-state index contributed by atoms with van der Waals surface area (Å²) in [5, 5.41) is 0. The smallest absolute Gasteiger partial charge is 0.306 e. The zero-order valence-electron chi connectivity index (χ0n) is 14.9. The first-order chi connectivity index (χ1) is 11.6. The molecule has 1 atom stereocenters. The Morgan fingerprint density at radius 2 is 2.08 bits per heavy atom. The van der Waals surface area contributed by atoms with E-state index in [4.69, 9.17) is 10.5 Å². The number of amides is 2. The highest BCUT2D eigenvalue weighted by Gasteiger charge is 2.35. The number of esters is 1. The molecule has 1 aromatic carbocycles. The highest BCUT2D eigenvalue weighted by atomic mass is 16.6. The standard InChI is InChI=1S/C19H24N2O4/c1-5-12-6-7-14-13(10-12)11-21(18(14)24)15(17(20)23)8-9-16(22)25-19(2,3)4/h5-7,10,15H,1,8-9,11H2,2-4H3,(H2,20,23)/t15-/m0/s1. The fourth-order valence-corrected chi connectivity index (χ4v) is 2.84. The Kier molecular flexibility index (Phi) is 5.30. The van der Waals surface area contributed by atoms with Gasteiger partial charge in [-0.15, -0.1) is 0 Å². The number of carbonyl (C=O) groups is 3. The van der Waals surface area contributed by atoms with E-state index < -0.39 is 23.5 Å². The fourth-order valence-electron chi connectivity index (χ4n) is 2.84. The molecule has 2 N–H and O–H groups in total. The topological polar surface area (TPSA) is 89.7 Å². The number of nitrogens with zero attached hydrogens (tertiary/aromatic N) is 1. The second kappa shape index (κ2) is 7.09. The third kappa shape index (κ3) is 4.47. The third-order valence-corrected chi connectivity index (χ3v) is 3.94. The predicted molar refractivity (Wildman–Crippen MR) is 94.5 cm³/mol. The number of hydrogen-bond acceptors (Lipinski definition) is 4. The van der Waals surface area contributed by atoms with Crippen LogP contribution in [0.15, 0.2) is 24.8 Å². The summed E-state index contributed by atoms with van der Waals surface area (Å²) in [5.74, 6) is -1.30. The number of hydrogen-bond donors (Lipinski definition) is 1. The first kappa shape index (κ1) is 18.7. The first-order valence-electron chi connectivity index (χ1n) is 8.20. The molecule has 0 spiro atoms. The number of primary amides is 1. The van der Waals surface area contributed by atoms with E-state index in [2.05, 4.69) is 6.58 Å². The van der Waals surface area contributed by atoms with Crippen molar-refractivity contribution >= 4 is 23.9 Å². The van der Waals surface area contributed by atoms with Crippen molar-refractivity contribution in [3.05, 3.63) is 41.5 Å². The Morgan fingerprint density at radius 3 is 2.64 bits per heavy atom. The van der Waals surface area contributed by atoms with Crippen LogP contribution in [-0.2, 0) is 20.9 Å². The molecule has 1 aliphatic heterocycles. The maximum Gasteiger partial charge on any atom is 0.306 e. The molecule has 1 aromatic rings. The molecule has 2 amide bonds. The van der Waals surface area contributed by atoms with Crippen LogP contribution >= 0.6 is 0 Å². The van der Waals surface area contributed by atoms with Gasteiger partial charge in [0.25, 0.3) is 5.91 Å². The monoisotopic (exact) mass is 344 g/mol. The number of nitrogens with two attached hydrogens (primary N) is 1. The molecule has 2 rings (SSSR count). The van der Waals surface area contributed by atoms with Gasteiger partial charge in [-0.3, -0.25) is 14.4 Å². The predicted octanol–water partition coefficient (Wildman–Crippen LogP) is 2.26. The molecule has 25 heavy (non-hydrogen) atoms. The number of benzene rings is 1. The summed E-state index contributed by atoms with van der Waals surface area (Å²) in [4.78, 5) is 37.8. The van der Waals surface area contributed by atoms with Crippen LogP contribution in [-0.4, -0.2) is 34.3 Å². The molecule has 1 aliphatic rings. The van der Waals surface area contributed by atoms with Crippen LogP contribution in [0.3, 0.4) is 0 Å². The van der Waals surface area contributed by atoms with Gasteiger partial charge in [0.15, 0.2) is 0 Å². The van der Waals surface area contributed by atoms with E-state index in [0.29, 0.717) is 5.56 Å². The second-order valence-electron chi connectivity index (χ2n) is 7.10. The van der Waals surface area contributed by atoms with Crippen molar-refractivity contribution in [3.8, 4) is 0 Å². The molecule has 0 saturated heterocycles. The van der Waals surface area contributed by atoms with Gasteiger partial charge >= 0.3 is 5.97 Å². The minimum absolute atomic E-state index is 0.0168. The normalized spacial score (nSPS) is 14.8. The van der Waals surface area contributed by atoms with Crippen LogP contribution in [0.1, 0.15) is 55.1 Å². The first-order valence-corrected chi connectivity index (χ1v) is 8.20. The zero-order valence-corrected chi connectivity index (χ0v) is 14.9. The Labute approximate surface area is 147 Å². The molecule has 0 unspecified atom stereocenters. The molecule has 0 aliphatic carbocycles. The van der Waals surface area contributed by atoms with Gasteiger partial charge in [0.05, 0.1) is 0 Å². The van der Waals surface area contributed by atoms with E-state index in [9.17, 15) is 14.4 Å². The highest BCUT2D eigenvalue weighted by molar-refractivity contribution is 6.01. The SMILES string of the molecule is C=Cc1ccc2c(c1)CN([C@@H](CCC(=O)OC(C)(C)C)C(N)=O)C2=O. The summed E-state index contributed by atoms with van der Waals surface area (Å²) in [6.07, 6.45) is 1.85. The molecule has 0 saturated carbocycles. The van der Waals surface area contributed by atoms with Gasteiger partial charge in [-0.1, -0.05) is 18.7 Å². The number of fused-ring (bicyclic) bond motifs is 1. The lowest BCUT2D eigenvalue weighted by atomic mass is 10.1. The van der Waals surface area contributed by atoms with Crippen molar-refractivity contribution in [2.75, 3.05) is 0 Å². The molecule has 6 nitrogen and oxygen atoms in total. The van der Waals surface area contributed by atoms with Crippen molar-refractivity contribution in [1.82, 2.24) is 4.90 Å². The van der Waals surface area contributed by atoms with Crippen LogP contribution in [0.5, 0.6) is 0 Å². The number of ether oxygens (including phenoxy) is 1. The van der Waals surface area contributed by atoms with Crippen molar-refractivity contribution < 1.29 is 19.1 Å². The van der Waals surface area contributed by atoms with E-state index in [0.717, 1.165) is 11.1 Å². The maximum absolute atomic E-state index is 12.6. The largest absolute Gasteiger partial charge is 0.460 e. The van der Waals surface area contributed by atoms with Crippen molar-refractivity contribution in [2.24, 2.45) is 5.73 Å². The van der Waals surface area contributed by atoms with Crippen LogP contribution in [0.25, 0.3) is 6.08 Å². The van der Waals surface area contributed by atoms with Crippen LogP contribution in [0.2, 0.25) is 0 Å². The van der Waals surface area contributed by atoms with Gasteiger partial charge in [0.2, 0.25) is 5.91 Å². The average Bonchev–Trinajstić information content (AvgIpc) is 2.81. The van der Waals surface area contributed by atoms with Gasteiger partial charge < -0.3 is 15.4 Å². The summed E-state index contributed by atoms with van der Waals surface area (Å²) in [7, 11) is 0. The van der Waals surface area contributed by atoms with E-state index >= 15 is 0 Å². The summed E-state index contributed by atoms with van der Waals surface area (Å²) < 4.78 is 5.24. The minimum Gasteiger partial charge on any atom is -0.460 e. The lowest BCUT2D eigenvalue weighted by Crippen LogP contribution is -2.45. The van der Waals surface area contributed by atoms with E-state index in [1.54, 1.807) is 39.0 Å². The van der Waals surface area contributed by atoms with E-state index in [1.807, 2.05) is 6.07 Å². The highest BCUT2D eigenvalue weighted by Crippen LogP contribution is 2.27. The van der Waals surface area contributed by atoms with Gasteiger partial charge in [-0.05, 0) is 50.5 Å². The molecule has 0 fully saturated rings. The van der Waals surface area contributed by atoms with Gasteiger partial charge in [0.1, 0.15) is 11.6 Å². The molecule has 0 aromatic heterocycles. The van der Waals surface area contributed by atoms with E-state index in [1.165, 1.54) is 4.90 Å². The molecular formula is C19H24N2O4. The lowest BCUT2D eigenvalue weighted by molar-refractivity contribution is -0.155. The van der Waals surface area contributed by atoms with Crippen LogP contribution in [0, 0.1) is 0 Å².